The summed E-state index contributed by atoms with van der Waals surface area (Å²) in [6.45, 7) is 2.07. The van der Waals surface area contributed by atoms with Gasteiger partial charge < -0.3 is 5.32 Å². The molecule has 1 nitrogen and oxygen atoms in total. The highest BCUT2D eigenvalue weighted by atomic mass is 19.4. The lowest BCUT2D eigenvalue weighted by Gasteiger charge is -2.10. The molecule has 20 heavy (non-hydrogen) atoms. The van der Waals surface area contributed by atoms with Gasteiger partial charge >= 0.3 is 6.18 Å². The topological polar surface area (TPSA) is 12.0 Å². The van der Waals surface area contributed by atoms with E-state index in [1.54, 1.807) is 12.1 Å². The zero-order valence-electron chi connectivity index (χ0n) is 10.8. The molecule has 0 amide bonds. The summed E-state index contributed by atoms with van der Waals surface area (Å²) in [5.41, 5.74) is 1.21. The Labute approximate surface area is 114 Å². The van der Waals surface area contributed by atoms with Gasteiger partial charge in [0, 0.05) is 17.8 Å². The number of nitrogens with one attached hydrogen (secondary N) is 1. The molecule has 1 N–H and O–H groups in total. The van der Waals surface area contributed by atoms with Crippen molar-refractivity contribution >= 4 is 5.69 Å². The molecule has 0 aromatic heterocycles. The maximum Gasteiger partial charge on any atom is 0.416 e. The zero-order chi connectivity index (χ0) is 14.8. The van der Waals surface area contributed by atoms with Gasteiger partial charge in [0.25, 0.3) is 0 Å². The van der Waals surface area contributed by atoms with E-state index >= 15 is 0 Å². The number of hydrogen-bond acceptors (Lipinski definition) is 1. The highest BCUT2D eigenvalue weighted by Crippen LogP contribution is 2.29. The summed E-state index contributed by atoms with van der Waals surface area (Å²) < 4.78 is 50.7. The van der Waals surface area contributed by atoms with Crippen LogP contribution in [-0.4, -0.2) is 0 Å². The number of alkyl halides is 3. The predicted octanol–water partition coefficient (Wildman–Crippen LogP) is 4.77. The standard InChI is InChI=1S/C15H13F4N/c1-10-2-7-14(16)11(8-10)9-20-13-5-3-12(4-6-13)15(17,18)19/h2-8,20H,9H2,1H3. The minimum absolute atomic E-state index is 0.221. The Kier molecular flexibility index (Phi) is 3.97. The predicted molar refractivity (Wildman–Crippen MR) is 69.9 cm³/mol. The maximum atomic E-state index is 13.5. The monoisotopic (exact) mass is 283 g/mol. The van der Waals surface area contributed by atoms with Crippen molar-refractivity contribution in [1.29, 1.82) is 0 Å². The summed E-state index contributed by atoms with van der Waals surface area (Å²) in [5, 5.41) is 2.90. The van der Waals surface area contributed by atoms with E-state index in [1.165, 1.54) is 18.2 Å². The lowest BCUT2D eigenvalue weighted by molar-refractivity contribution is -0.137. The van der Waals surface area contributed by atoms with E-state index in [4.69, 9.17) is 0 Å². The summed E-state index contributed by atoms with van der Waals surface area (Å²) in [6.07, 6.45) is -4.35. The molecule has 2 aromatic rings. The van der Waals surface area contributed by atoms with Crippen LogP contribution in [0.3, 0.4) is 0 Å². The van der Waals surface area contributed by atoms with Crippen molar-refractivity contribution in [2.75, 3.05) is 5.32 Å². The first-order chi connectivity index (χ1) is 9.36. The number of rotatable bonds is 3. The minimum Gasteiger partial charge on any atom is -0.381 e. The zero-order valence-corrected chi connectivity index (χ0v) is 10.8. The highest BCUT2D eigenvalue weighted by Gasteiger charge is 2.29. The fraction of sp³-hybridized carbons (Fsp3) is 0.200. The van der Waals surface area contributed by atoms with Gasteiger partial charge in [-0.05, 0) is 37.3 Å². The van der Waals surface area contributed by atoms with Crippen molar-refractivity contribution in [2.45, 2.75) is 19.6 Å². The average Bonchev–Trinajstić information content (AvgIpc) is 2.39. The first-order valence-electron chi connectivity index (χ1n) is 6.02. The van der Waals surface area contributed by atoms with Gasteiger partial charge in [-0.25, -0.2) is 4.39 Å². The van der Waals surface area contributed by atoms with Crippen molar-refractivity contribution in [3.8, 4) is 0 Å². The second kappa shape index (κ2) is 5.53. The van der Waals surface area contributed by atoms with E-state index in [-0.39, 0.29) is 12.4 Å². The molecule has 0 bridgehead atoms. The van der Waals surface area contributed by atoms with Crippen LogP contribution in [0.4, 0.5) is 23.2 Å². The van der Waals surface area contributed by atoms with Gasteiger partial charge in [0.2, 0.25) is 0 Å². The van der Waals surface area contributed by atoms with Crippen LogP contribution >= 0.6 is 0 Å². The molecular weight excluding hydrogens is 270 g/mol. The fourth-order valence-corrected chi connectivity index (χ4v) is 1.81. The molecular formula is C15H13F4N. The molecule has 0 radical (unpaired) electrons. The van der Waals surface area contributed by atoms with Crippen molar-refractivity contribution in [2.24, 2.45) is 0 Å². The minimum atomic E-state index is -4.35. The van der Waals surface area contributed by atoms with Crippen LogP contribution in [0.1, 0.15) is 16.7 Å². The second-order valence-electron chi connectivity index (χ2n) is 4.52. The van der Waals surface area contributed by atoms with Crippen LogP contribution in [0, 0.1) is 12.7 Å². The van der Waals surface area contributed by atoms with E-state index in [2.05, 4.69) is 5.32 Å². The quantitative estimate of drug-likeness (QED) is 0.800. The summed E-state index contributed by atoms with van der Waals surface area (Å²) in [6, 6.07) is 9.39. The maximum absolute atomic E-state index is 13.5. The average molecular weight is 283 g/mol. The molecule has 0 heterocycles. The highest BCUT2D eigenvalue weighted by molar-refractivity contribution is 5.45. The Hall–Kier alpha value is -2.04. The molecule has 0 saturated carbocycles. The Morgan fingerprint density at radius 3 is 2.25 bits per heavy atom. The smallest absolute Gasteiger partial charge is 0.381 e. The van der Waals surface area contributed by atoms with Crippen LogP contribution in [0.2, 0.25) is 0 Å². The van der Waals surface area contributed by atoms with Crippen LogP contribution in [0.5, 0.6) is 0 Å². The van der Waals surface area contributed by atoms with E-state index in [0.29, 0.717) is 11.3 Å². The van der Waals surface area contributed by atoms with Crippen molar-refractivity contribution in [3.63, 3.8) is 0 Å². The van der Waals surface area contributed by atoms with Gasteiger partial charge in [-0.1, -0.05) is 17.7 Å². The van der Waals surface area contributed by atoms with Gasteiger partial charge in [-0.2, -0.15) is 13.2 Å². The number of anilines is 1. The lowest BCUT2D eigenvalue weighted by atomic mass is 10.1. The van der Waals surface area contributed by atoms with Crippen LogP contribution in [-0.2, 0) is 12.7 Å². The molecule has 0 atom stereocenters. The normalized spacial score (nSPS) is 11.4. The Morgan fingerprint density at radius 2 is 1.65 bits per heavy atom. The third-order valence-electron chi connectivity index (χ3n) is 2.90. The lowest BCUT2D eigenvalue weighted by Crippen LogP contribution is -2.06. The first kappa shape index (κ1) is 14.4. The number of benzene rings is 2. The third-order valence-corrected chi connectivity index (χ3v) is 2.90. The van der Waals surface area contributed by atoms with Crippen molar-refractivity contribution in [1.82, 2.24) is 0 Å². The van der Waals surface area contributed by atoms with Crippen LogP contribution < -0.4 is 5.32 Å². The number of hydrogen-bond donors (Lipinski definition) is 1. The SMILES string of the molecule is Cc1ccc(F)c(CNc2ccc(C(F)(F)F)cc2)c1. The van der Waals surface area contributed by atoms with Crippen molar-refractivity contribution in [3.05, 3.63) is 65.0 Å². The summed E-state index contributed by atoms with van der Waals surface area (Å²) in [7, 11) is 0. The molecule has 0 saturated heterocycles. The van der Waals surface area contributed by atoms with E-state index in [1.807, 2.05) is 6.92 Å². The Morgan fingerprint density at radius 1 is 1.00 bits per heavy atom. The van der Waals surface area contributed by atoms with Gasteiger partial charge in [0.05, 0.1) is 5.56 Å². The number of aryl methyl sites for hydroxylation is 1. The molecule has 0 unspecified atom stereocenters. The van der Waals surface area contributed by atoms with Crippen LogP contribution in [0.25, 0.3) is 0 Å². The van der Waals surface area contributed by atoms with E-state index in [0.717, 1.165) is 17.7 Å². The molecule has 0 fully saturated rings. The van der Waals surface area contributed by atoms with Crippen molar-refractivity contribution < 1.29 is 17.6 Å². The van der Waals surface area contributed by atoms with Gasteiger partial charge in [-0.15, -0.1) is 0 Å². The van der Waals surface area contributed by atoms with Gasteiger partial charge in [-0.3, -0.25) is 0 Å². The molecule has 0 aliphatic carbocycles. The molecule has 0 aliphatic rings. The Balaban J connectivity index is 2.06. The largest absolute Gasteiger partial charge is 0.416 e. The molecule has 2 aromatic carbocycles. The summed E-state index contributed by atoms with van der Waals surface area (Å²) in [4.78, 5) is 0. The number of halogens is 4. The molecule has 5 heteroatoms. The first-order valence-corrected chi connectivity index (χ1v) is 6.02. The summed E-state index contributed by atoms with van der Waals surface area (Å²) in [5.74, 6) is -0.338. The molecule has 2 rings (SSSR count). The summed E-state index contributed by atoms with van der Waals surface area (Å²) >= 11 is 0. The van der Waals surface area contributed by atoms with E-state index in [9.17, 15) is 17.6 Å². The molecule has 0 spiro atoms. The molecule has 106 valence electrons. The molecule has 0 aliphatic heterocycles. The van der Waals surface area contributed by atoms with E-state index < -0.39 is 11.7 Å². The van der Waals surface area contributed by atoms with Gasteiger partial charge in [0.15, 0.2) is 0 Å². The Bertz CT molecular complexity index is 588. The van der Waals surface area contributed by atoms with Gasteiger partial charge in [0.1, 0.15) is 5.82 Å². The fourth-order valence-electron chi connectivity index (χ4n) is 1.81. The third kappa shape index (κ3) is 3.50. The van der Waals surface area contributed by atoms with Crippen LogP contribution in [0.15, 0.2) is 42.5 Å². The second-order valence-corrected chi connectivity index (χ2v) is 4.52.